The molecule has 1 saturated heterocycles. The van der Waals surface area contributed by atoms with Crippen molar-refractivity contribution >= 4 is 23.1 Å². The molecule has 0 unspecified atom stereocenters. The van der Waals surface area contributed by atoms with Crippen molar-refractivity contribution in [1.29, 1.82) is 0 Å². The summed E-state index contributed by atoms with van der Waals surface area (Å²) in [4.78, 5) is 17.8. The van der Waals surface area contributed by atoms with E-state index in [2.05, 4.69) is 27.3 Å². The van der Waals surface area contributed by atoms with Crippen molar-refractivity contribution < 1.29 is 28.5 Å². The summed E-state index contributed by atoms with van der Waals surface area (Å²) >= 11 is 0. The Balaban J connectivity index is 1.23. The number of oxazole rings is 1. The normalized spacial score (nSPS) is 14.4. The maximum Gasteiger partial charge on any atom is 0.341 e. The van der Waals surface area contributed by atoms with Crippen molar-refractivity contribution in [3.63, 3.8) is 0 Å². The Hall–Kier alpha value is -4.18. The molecule has 206 valence electrons. The standard InChI is InChI=1S/C29H34N4O6/c1-3-36-24-16-20(17-25(37-4-2)27(24)33-12-5-6-13-33)18-32-14-10-21(11-15-32)30-29-31-22-8-7-9-23(28(22)39-29)38-19-26(34)35/h5-9,12-13,16-17,21H,3-4,10-11,14-15,18-19H2,1-2H3,(H,30,31)(H,34,35). The molecule has 2 N–H and O–H groups in total. The summed E-state index contributed by atoms with van der Waals surface area (Å²) in [6.45, 7) is 7.32. The number of aromatic nitrogens is 2. The van der Waals surface area contributed by atoms with Gasteiger partial charge in [0.2, 0.25) is 0 Å². The maximum absolute atomic E-state index is 10.9. The summed E-state index contributed by atoms with van der Waals surface area (Å²) in [6, 6.07) is 14.1. The van der Waals surface area contributed by atoms with Gasteiger partial charge in [0.15, 0.2) is 17.9 Å². The zero-order valence-electron chi connectivity index (χ0n) is 22.3. The molecule has 0 amide bonds. The van der Waals surface area contributed by atoms with Crippen LogP contribution in [0.2, 0.25) is 0 Å². The Morgan fingerprint density at radius 2 is 1.72 bits per heavy atom. The summed E-state index contributed by atoms with van der Waals surface area (Å²) in [6.07, 6.45) is 5.86. The number of likely N-dealkylation sites (tertiary alicyclic amines) is 1. The molecular formula is C29H34N4O6. The molecule has 0 radical (unpaired) electrons. The first-order valence-electron chi connectivity index (χ1n) is 13.3. The van der Waals surface area contributed by atoms with Crippen LogP contribution in [0.15, 0.2) is 59.3 Å². The third kappa shape index (κ3) is 6.28. The molecule has 4 aromatic rings. The second-order valence-corrected chi connectivity index (χ2v) is 9.40. The van der Waals surface area contributed by atoms with Crippen molar-refractivity contribution in [1.82, 2.24) is 14.5 Å². The van der Waals surface area contributed by atoms with Gasteiger partial charge in [-0.1, -0.05) is 6.07 Å². The first-order valence-corrected chi connectivity index (χ1v) is 13.3. The van der Waals surface area contributed by atoms with E-state index in [0.717, 1.165) is 55.2 Å². The van der Waals surface area contributed by atoms with Crippen LogP contribution in [0.1, 0.15) is 32.3 Å². The number of nitrogens with one attached hydrogen (secondary N) is 1. The van der Waals surface area contributed by atoms with Gasteiger partial charge in [-0.25, -0.2) is 4.79 Å². The van der Waals surface area contributed by atoms with E-state index in [1.807, 2.05) is 49.0 Å². The highest BCUT2D eigenvalue weighted by atomic mass is 16.5. The molecule has 0 bridgehead atoms. The minimum absolute atomic E-state index is 0.215. The molecule has 2 aromatic heterocycles. The van der Waals surface area contributed by atoms with Gasteiger partial charge in [-0.3, -0.25) is 4.90 Å². The summed E-state index contributed by atoms with van der Waals surface area (Å²) in [5, 5.41) is 12.3. The lowest BCUT2D eigenvalue weighted by molar-refractivity contribution is -0.139. The molecule has 10 heteroatoms. The molecule has 5 rings (SSSR count). The number of ether oxygens (including phenoxy) is 3. The van der Waals surface area contributed by atoms with Gasteiger partial charge in [0, 0.05) is 38.1 Å². The topological polar surface area (TPSA) is 111 Å². The highest BCUT2D eigenvalue weighted by Gasteiger charge is 2.23. The minimum atomic E-state index is -1.04. The van der Waals surface area contributed by atoms with E-state index in [9.17, 15) is 4.79 Å². The van der Waals surface area contributed by atoms with E-state index in [0.29, 0.717) is 36.1 Å². The van der Waals surface area contributed by atoms with Gasteiger partial charge in [-0.2, -0.15) is 4.98 Å². The van der Waals surface area contributed by atoms with E-state index >= 15 is 0 Å². The van der Waals surface area contributed by atoms with Crippen LogP contribution in [0.5, 0.6) is 17.2 Å². The average Bonchev–Trinajstić information content (AvgIpc) is 3.59. The van der Waals surface area contributed by atoms with Gasteiger partial charge in [-0.15, -0.1) is 0 Å². The van der Waals surface area contributed by atoms with Gasteiger partial charge in [-0.05, 0) is 68.7 Å². The number of benzene rings is 2. The highest BCUT2D eigenvalue weighted by molar-refractivity contribution is 5.81. The van der Waals surface area contributed by atoms with Crippen LogP contribution in [-0.2, 0) is 11.3 Å². The Labute approximate surface area is 227 Å². The molecular weight excluding hydrogens is 500 g/mol. The zero-order valence-corrected chi connectivity index (χ0v) is 22.3. The van der Waals surface area contributed by atoms with E-state index in [-0.39, 0.29) is 6.04 Å². The molecule has 1 fully saturated rings. The molecule has 0 atom stereocenters. The third-order valence-electron chi connectivity index (χ3n) is 6.61. The number of aliphatic carboxylic acids is 1. The number of hydrogen-bond acceptors (Lipinski definition) is 8. The highest BCUT2D eigenvalue weighted by Crippen LogP contribution is 2.36. The van der Waals surface area contributed by atoms with Crippen LogP contribution < -0.4 is 19.5 Å². The molecule has 1 aliphatic rings. The summed E-state index contributed by atoms with van der Waals surface area (Å²) in [5.74, 6) is 0.949. The number of rotatable bonds is 12. The zero-order chi connectivity index (χ0) is 27.2. The lowest BCUT2D eigenvalue weighted by Crippen LogP contribution is -2.38. The Bertz CT molecular complexity index is 1370. The van der Waals surface area contributed by atoms with Crippen LogP contribution >= 0.6 is 0 Å². The quantitative estimate of drug-likeness (QED) is 0.261. The summed E-state index contributed by atoms with van der Waals surface area (Å²) in [7, 11) is 0. The number of piperidine rings is 1. The lowest BCUT2D eigenvalue weighted by Gasteiger charge is -2.32. The smallest absolute Gasteiger partial charge is 0.341 e. The van der Waals surface area contributed by atoms with Gasteiger partial charge >= 0.3 is 5.97 Å². The van der Waals surface area contributed by atoms with Crippen LogP contribution in [0, 0.1) is 0 Å². The Morgan fingerprint density at radius 3 is 2.36 bits per heavy atom. The molecule has 39 heavy (non-hydrogen) atoms. The Kier molecular flexibility index (Phi) is 8.21. The van der Waals surface area contributed by atoms with Gasteiger partial charge in [0.1, 0.15) is 22.7 Å². The molecule has 10 nitrogen and oxygen atoms in total. The van der Waals surface area contributed by atoms with E-state index in [1.165, 1.54) is 0 Å². The molecule has 0 spiro atoms. The minimum Gasteiger partial charge on any atom is -0.492 e. The molecule has 0 saturated carbocycles. The fourth-order valence-corrected chi connectivity index (χ4v) is 4.90. The van der Waals surface area contributed by atoms with Crippen LogP contribution in [-0.4, -0.2) is 64.5 Å². The van der Waals surface area contributed by atoms with Gasteiger partial charge in [0.05, 0.1) is 13.2 Å². The second kappa shape index (κ2) is 12.1. The lowest BCUT2D eigenvalue weighted by atomic mass is 10.0. The van der Waals surface area contributed by atoms with Crippen molar-refractivity contribution in [2.75, 3.05) is 38.2 Å². The fourth-order valence-electron chi connectivity index (χ4n) is 4.90. The average molecular weight is 535 g/mol. The predicted molar refractivity (Wildman–Crippen MR) is 147 cm³/mol. The first kappa shape index (κ1) is 26.4. The first-order chi connectivity index (χ1) is 19.0. The Morgan fingerprint density at radius 1 is 1.03 bits per heavy atom. The molecule has 0 aliphatic carbocycles. The van der Waals surface area contributed by atoms with Gasteiger partial charge in [0.25, 0.3) is 6.01 Å². The van der Waals surface area contributed by atoms with Crippen molar-refractivity contribution in [3.05, 3.63) is 60.4 Å². The number of para-hydroxylation sites is 1. The monoisotopic (exact) mass is 534 g/mol. The number of carbonyl (C=O) groups is 1. The predicted octanol–water partition coefficient (Wildman–Crippen LogP) is 4.96. The SMILES string of the molecule is CCOc1cc(CN2CCC(Nc3nc4cccc(OCC(=O)O)c4o3)CC2)cc(OCC)c1-n1cccc1. The van der Waals surface area contributed by atoms with E-state index in [1.54, 1.807) is 12.1 Å². The fraction of sp³-hybridized carbons (Fsp3) is 0.379. The van der Waals surface area contributed by atoms with Gasteiger partial charge < -0.3 is 33.6 Å². The third-order valence-corrected chi connectivity index (χ3v) is 6.61. The summed E-state index contributed by atoms with van der Waals surface area (Å²) < 4.78 is 25.3. The molecule has 3 heterocycles. The van der Waals surface area contributed by atoms with Crippen LogP contribution in [0.3, 0.4) is 0 Å². The second-order valence-electron chi connectivity index (χ2n) is 9.40. The van der Waals surface area contributed by atoms with E-state index in [4.69, 9.17) is 23.7 Å². The number of hydrogen-bond donors (Lipinski definition) is 2. The van der Waals surface area contributed by atoms with Crippen LogP contribution in [0.4, 0.5) is 6.01 Å². The summed E-state index contributed by atoms with van der Waals surface area (Å²) in [5.41, 5.74) is 3.14. The number of fused-ring (bicyclic) bond motifs is 1. The van der Waals surface area contributed by atoms with Crippen molar-refractivity contribution in [2.45, 2.75) is 39.3 Å². The maximum atomic E-state index is 10.9. The number of nitrogens with zero attached hydrogens (tertiary/aromatic N) is 3. The van der Waals surface area contributed by atoms with Crippen molar-refractivity contribution in [3.8, 4) is 22.9 Å². The number of anilines is 1. The molecule has 1 aliphatic heterocycles. The molecule has 2 aromatic carbocycles. The van der Waals surface area contributed by atoms with Crippen molar-refractivity contribution in [2.24, 2.45) is 0 Å². The van der Waals surface area contributed by atoms with Crippen LogP contribution in [0.25, 0.3) is 16.8 Å². The number of carboxylic acids is 1. The van der Waals surface area contributed by atoms with E-state index < -0.39 is 12.6 Å². The largest absolute Gasteiger partial charge is 0.492 e. The number of carboxylic acid groups (broad SMARTS) is 1.